The average Bonchev–Trinajstić information content (AvgIpc) is 2.45. The van der Waals surface area contributed by atoms with Crippen molar-refractivity contribution in [3.63, 3.8) is 0 Å². The van der Waals surface area contributed by atoms with Crippen LogP contribution < -0.4 is 0 Å². The molecule has 0 aliphatic rings. The highest BCUT2D eigenvalue weighted by Crippen LogP contribution is 2.15. The largest absolute Gasteiger partial charge is 0.390 e. The first-order valence-corrected chi connectivity index (χ1v) is 3.85. The van der Waals surface area contributed by atoms with Crippen molar-refractivity contribution >= 4 is 0 Å². The van der Waals surface area contributed by atoms with E-state index in [2.05, 4.69) is 5.10 Å². The fourth-order valence-corrected chi connectivity index (χ4v) is 1.12. The summed E-state index contributed by atoms with van der Waals surface area (Å²) >= 11 is 0. The predicted octanol–water partition coefficient (Wildman–Crippen LogP) is 0.620. The van der Waals surface area contributed by atoms with E-state index in [1.807, 2.05) is 20.0 Å². The Balaban J connectivity index is 2.91. The minimum absolute atomic E-state index is 0.0165. The summed E-state index contributed by atoms with van der Waals surface area (Å²) in [5, 5.41) is 12.9. The highest BCUT2D eigenvalue weighted by Gasteiger charge is 2.10. The van der Waals surface area contributed by atoms with Gasteiger partial charge in [-0.25, -0.2) is 0 Å². The molecule has 0 aromatic carbocycles. The third-order valence-electron chi connectivity index (χ3n) is 1.90. The highest BCUT2D eigenvalue weighted by molar-refractivity contribution is 5.11. The van der Waals surface area contributed by atoms with E-state index in [9.17, 15) is 0 Å². The summed E-state index contributed by atoms with van der Waals surface area (Å²) in [4.78, 5) is 0. The molecule has 12 heavy (non-hydrogen) atoms. The summed E-state index contributed by atoms with van der Waals surface area (Å²) in [6.07, 6.45) is 0.0165. The van der Waals surface area contributed by atoms with Crippen LogP contribution in [0.1, 0.15) is 24.4 Å². The third kappa shape index (κ3) is 1.65. The normalized spacial score (nSPS) is 13.3. The van der Waals surface area contributed by atoms with Crippen LogP contribution in [0, 0.1) is 0 Å². The number of aromatic nitrogens is 2. The molecule has 1 atom stereocenters. The molecule has 1 heterocycles. The number of aliphatic hydroxyl groups excluding tert-OH is 1. The van der Waals surface area contributed by atoms with Crippen molar-refractivity contribution in [3.8, 4) is 0 Å². The first kappa shape index (κ1) is 9.22. The summed E-state index contributed by atoms with van der Waals surface area (Å²) in [5.74, 6) is 0. The van der Waals surface area contributed by atoms with Crippen molar-refractivity contribution in [2.75, 3.05) is 7.11 Å². The van der Waals surface area contributed by atoms with Gasteiger partial charge in [0.1, 0.15) is 0 Å². The van der Waals surface area contributed by atoms with E-state index in [1.54, 1.807) is 11.8 Å². The minimum Gasteiger partial charge on any atom is -0.390 e. The molecule has 4 heteroatoms. The van der Waals surface area contributed by atoms with Gasteiger partial charge in [0.15, 0.2) is 0 Å². The first-order chi connectivity index (χ1) is 5.69. The van der Waals surface area contributed by atoms with Crippen LogP contribution in [0.4, 0.5) is 0 Å². The van der Waals surface area contributed by atoms with E-state index in [0.717, 1.165) is 5.69 Å². The van der Waals surface area contributed by atoms with E-state index in [-0.39, 0.29) is 12.7 Å². The van der Waals surface area contributed by atoms with Gasteiger partial charge in [-0.2, -0.15) is 5.10 Å². The summed E-state index contributed by atoms with van der Waals surface area (Å²) < 4.78 is 6.85. The minimum atomic E-state index is -0.0235. The van der Waals surface area contributed by atoms with Gasteiger partial charge >= 0.3 is 0 Å². The highest BCUT2D eigenvalue weighted by atomic mass is 16.5. The van der Waals surface area contributed by atoms with Gasteiger partial charge in [-0.1, -0.05) is 0 Å². The molecular weight excluding hydrogens is 156 g/mol. The van der Waals surface area contributed by atoms with Gasteiger partial charge in [0, 0.05) is 14.2 Å². The van der Waals surface area contributed by atoms with Crippen molar-refractivity contribution < 1.29 is 9.84 Å². The second kappa shape index (κ2) is 3.69. The van der Waals surface area contributed by atoms with Crippen LogP contribution in [-0.2, 0) is 18.4 Å². The SMILES string of the molecule is CO[C@H](C)c1cc(CO)nn1C. The van der Waals surface area contributed by atoms with Gasteiger partial charge in [0.25, 0.3) is 0 Å². The number of aryl methyl sites for hydroxylation is 1. The monoisotopic (exact) mass is 170 g/mol. The van der Waals surface area contributed by atoms with E-state index in [0.29, 0.717) is 5.69 Å². The molecular formula is C8H14N2O2. The molecule has 0 aliphatic carbocycles. The number of methoxy groups -OCH3 is 1. The zero-order valence-electron chi connectivity index (χ0n) is 7.61. The van der Waals surface area contributed by atoms with Gasteiger partial charge in [-0.3, -0.25) is 4.68 Å². The van der Waals surface area contributed by atoms with Gasteiger partial charge < -0.3 is 9.84 Å². The molecule has 1 N–H and O–H groups in total. The Morgan fingerprint density at radius 2 is 2.42 bits per heavy atom. The predicted molar refractivity (Wildman–Crippen MR) is 44.6 cm³/mol. The van der Waals surface area contributed by atoms with Crippen LogP contribution in [0.2, 0.25) is 0 Å². The molecule has 0 amide bonds. The van der Waals surface area contributed by atoms with Crippen molar-refractivity contribution in [3.05, 3.63) is 17.5 Å². The Bertz CT molecular complexity index is 258. The second-order valence-corrected chi connectivity index (χ2v) is 2.72. The second-order valence-electron chi connectivity index (χ2n) is 2.72. The van der Waals surface area contributed by atoms with Gasteiger partial charge in [0.05, 0.1) is 24.1 Å². The lowest BCUT2D eigenvalue weighted by atomic mass is 10.2. The maximum atomic E-state index is 8.81. The number of hydrogen-bond donors (Lipinski definition) is 1. The standard InChI is InChI=1S/C8H14N2O2/c1-6(12-3)8-4-7(5-11)9-10(8)2/h4,6,11H,5H2,1-3H3/t6-/m1/s1. The number of rotatable bonds is 3. The van der Waals surface area contributed by atoms with Crippen LogP contribution in [0.25, 0.3) is 0 Å². The maximum absolute atomic E-state index is 8.81. The Hall–Kier alpha value is -0.870. The van der Waals surface area contributed by atoms with E-state index < -0.39 is 0 Å². The Kier molecular flexibility index (Phi) is 2.83. The van der Waals surface area contributed by atoms with Crippen LogP contribution >= 0.6 is 0 Å². The molecule has 0 radical (unpaired) electrons. The van der Waals surface area contributed by atoms with Crippen LogP contribution in [0.5, 0.6) is 0 Å². The average molecular weight is 170 g/mol. The number of nitrogens with zero attached hydrogens (tertiary/aromatic N) is 2. The molecule has 68 valence electrons. The van der Waals surface area contributed by atoms with E-state index in [4.69, 9.17) is 9.84 Å². The number of aliphatic hydroxyl groups is 1. The zero-order chi connectivity index (χ0) is 9.14. The quantitative estimate of drug-likeness (QED) is 0.723. The van der Waals surface area contributed by atoms with Gasteiger partial charge in [-0.05, 0) is 13.0 Å². The number of hydrogen-bond acceptors (Lipinski definition) is 3. The molecule has 0 saturated carbocycles. The lowest BCUT2D eigenvalue weighted by molar-refractivity contribution is 0.112. The Labute approximate surface area is 71.8 Å². The number of ether oxygens (including phenoxy) is 1. The summed E-state index contributed by atoms with van der Waals surface area (Å²) in [7, 11) is 3.49. The molecule has 0 fully saturated rings. The molecule has 0 aliphatic heterocycles. The van der Waals surface area contributed by atoms with Crippen molar-refractivity contribution in [2.24, 2.45) is 7.05 Å². The third-order valence-corrected chi connectivity index (χ3v) is 1.90. The van der Waals surface area contributed by atoms with Crippen molar-refractivity contribution in [2.45, 2.75) is 19.6 Å². The molecule has 1 rings (SSSR count). The molecule has 0 bridgehead atoms. The fraction of sp³-hybridized carbons (Fsp3) is 0.625. The van der Waals surface area contributed by atoms with E-state index >= 15 is 0 Å². The molecule has 1 aromatic rings. The maximum Gasteiger partial charge on any atom is 0.0959 e. The van der Waals surface area contributed by atoms with Crippen LogP contribution in [-0.4, -0.2) is 22.0 Å². The van der Waals surface area contributed by atoms with Crippen molar-refractivity contribution in [1.82, 2.24) is 9.78 Å². The summed E-state index contributed by atoms with van der Waals surface area (Å²) in [6, 6.07) is 1.84. The van der Waals surface area contributed by atoms with E-state index in [1.165, 1.54) is 0 Å². The fourth-order valence-electron chi connectivity index (χ4n) is 1.12. The lowest BCUT2D eigenvalue weighted by Gasteiger charge is -2.08. The first-order valence-electron chi connectivity index (χ1n) is 3.85. The summed E-state index contributed by atoms with van der Waals surface area (Å²) in [5.41, 5.74) is 1.65. The Morgan fingerprint density at radius 3 is 2.83 bits per heavy atom. The van der Waals surface area contributed by atoms with Crippen molar-refractivity contribution in [1.29, 1.82) is 0 Å². The zero-order valence-corrected chi connectivity index (χ0v) is 7.61. The van der Waals surface area contributed by atoms with Crippen LogP contribution in [0.15, 0.2) is 6.07 Å². The molecule has 1 aromatic heterocycles. The molecule has 0 saturated heterocycles. The Morgan fingerprint density at radius 1 is 1.75 bits per heavy atom. The molecule has 0 unspecified atom stereocenters. The van der Waals surface area contributed by atoms with Crippen LogP contribution in [0.3, 0.4) is 0 Å². The van der Waals surface area contributed by atoms with Gasteiger partial charge in [-0.15, -0.1) is 0 Å². The smallest absolute Gasteiger partial charge is 0.0959 e. The molecule has 4 nitrogen and oxygen atoms in total. The van der Waals surface area contributed by atoms with Gasteiger partial charge in [0.2, 0.25) is 0 Å². The summed E-state index contributed by atoms with van der Waals surface area (Å²) in [6.45, 7) is 1.92. The molecule has 0 spiro atoms. The topological polar surface area (TPSA) is 47.3 Å². The lowest BCUT2D eigenvalue weighted by Crippen LogP contribution is -2.03.